The third kappa shape index (κ3) is 4.14. The molecule has 1 N–H and O–H groups in total. The number of benzene rings is 1. The minimum atomic E-state index is 0.592. The van der Waals surface area contributed by atoms with E-state index in [1.807, 2.05) is 30.3 Å². The minimum Gasteiger partial charge on any atom is -0.381 e. The number of rotatable bonds is 4. The standard InChI is InChI=1S/C19H25N5O/c1-2-4-15(5-3-1)18-20-14-21-19(23-18)24-10-6-16(7-11-24)22-17-8-12-25-13-9-17/h1-5,14,16-17,22H,6-13H2. The number of ether oxygens (including phenoxy) is 1. The summed E-state index contributed by atoms with van der Waals surface area (Å²) in [5.41, 5.74) is 1.03. The van der Waals surface area contributed by atoms with Gasteiger partial charge in [0.1, 0.15) is 6.33 Å². The van der Waals surface area contributed by atoms with Crippen LogP contribution < -0.4 is 10.2 Å². The molecule has 0 saturated carbocycles. The van der Waals surface area contributed by atoms with Crippen LogP contribution in [0.15, 0.2) is 36.7 Å². The van der Waals surface area contributed by atoms with Crippen molar-refractivity contribution in [3.8, 4) is 11.4 Å². The predicted molar refractivity (Wildman–Crippen MR) is 97.5 cm³/mol. The zero-order valence-corrected chi connectivity index (χ0v) is 14.5. The summed E-state index contributed by atoms with van der Waals surface area (Å²) in [7, 11) is 0. The molecule has 3 heterocycles. The van der Waals surface area contributed by atoms with Gasteiger partial charge >= 0.3 is 0 Å². The van der Waals surface area contributed by atoms with Crippen LogP contribution in [0.25, 0.3) is 11.4 Å². The summed E-state index contributed by atoms with van der Waals surface area (Å²) < 4.78 is 5.44. The van der Waals surface area contributed by atoms with Crippen molar-refractivity contribution in [3.05, 3.63) is 36.7 Å². The van der Waals surface area contributed by atoms with Gasteiger partial charge in [0.2, 0.25) is 5.95 Å². The van der Waals surface area contributed by atoms with Gasteiger partial charge in [-0.3, -0.25) is 0 Å². The number of hydrogen-bond donors (Lipinski definition) is 1. The van der Waals surface area contributed by atoms with Crippen LogP contribution in [-0.2, 0) is 4.74 Å². The molecular weight excluding hydrogens is 314 g/mol. The summed E-state index contributed by atoms with van der Waals surface area (Å²) in [6.45, 7) is 3.76. The van der Waals surface area contributed by atoms with Crippen molar-refractivity contribution in [2.24, 2.45) is 0 Å². The second-order valence-electron chi connectivity index (χ2n) is 6.79. The molecule has 2 fully saturated rings. The van der Waals surface area contributed by atoms with E-state index in [1.165, 1.54) is 0 Å². The molecule has 2 aromatic rings. The molecular formula is C19H25N5O. The Labute approximate surface area is 148 Å². The van der Waals surface area contributed by atoms with E-state index in [1.54, 1.807) is 6.33 Å². The van der Waals surface area contributed by atoms with Crippen LogP contribution in [-0.4, -0.2) is 53.3 Å². The molecule has 0 radical (unpaired) electrons. The van der Waals surface area contributed by atoms with E-state index in [9.17, 15) is 0 Å². The number of piperidine rings is 1. The fraction of sp³-hybridized carbons (Fsp3) is 0.526. The second kappa shape index (κ2) is 7.89. The van der Waals surface area contributed by atoms with Gasteiger partial charge in [-0.25, -0.2) is 9.97 Å². The van der Waals surface area contributed by atoms with Gasteiger partial charge in [0.25, 0.3) is 0 Å². The molecule has 0 atom stereocenters. The Morgan fingerprint density at radius 2 is 1.64 bits per heavy atom. The van der Waals surface area contributed by atoms with E-state index in [-0.39, 0.29) is 0 Å². The lowest BCUT2D eigenvalue weighted by Gasteiger charge is -2.35. The highest BCUT2D eigenvalue weighted by Gasteiger charge is 2.24. The summed E-state index contributed by atoms with van der Waals surface area (Å²) in [6.07, 6.45) is 6.15. The number of aromatic nitrogens is 3. The van der Waals surface area contributed by atoms with Gasteiger partial charge in [0.05, 0.1) is 0 Å². The second-order valence-corrected chi connectivity index (χ2v) is 6.79. The van der Waals surface area contributed by atoms with Crippen LogP contribution in [0.4, 0.5) is 5.95 Å². The summed E-state index contributed by atoms with van der Waals surface area (Å²) >= 11 is 0. The molecule has 6 heteroatoms. The van der Waals surface area contributed by atoms with Crippen LogP contribution in [0.3, 0.4) is 0 Å². The van der Waals surface area contributed by atoms with Crippen molar-refractivity contribution in [2.75, 3.05) is 31.2 Å². The van der Waals surface area contributed by atoms with Crippen molar-refractivity contribution >= 4 is 5.95 Å². The van der Waals surface area contributed by atoms with Crippen molar-refractivity contribution in [3.63, 3.8) is 0 Å². The zero-order valence-electron chi connectivity index (χ0n) is 14.5. The van der Waals surface area contributed by atoms with Crippen LogP contribution in [0.2, 0.25) is 0 Å². The fourth-order valence-electron chi connectivity index (χ4n) is 3.61. The minimum absolute atomic E-state index is 0.592. The van der Waals surface area contributed by atoms with Gasteiger partial charge in [0.15, 0.2) is 5.82 Å². The Morgan fingerprint density at radius 1 is 0.920 bits per heavy atom. The first kappa shape index (κ1) is 16.4. The van der Waals surface area contributed by atoms with Gasteiger partial charge in [-0.15, -0.1) is 0 Å². The summed E-state index contributed by atoms with van der Waals surface area (Å²) in [5.74, 6) is 1.53. The molecule has 25 heavy (non-hydrogen) atoms. The molecule has 0 spiro atoms. The third-order valence-corrected chi connectivity index (χ3v) is 5.06. The van der Waals surface area contributed by atoms with E-state index in [4.69, 9.17) is 4.74 Å². The first-order valence-electron chi connectivity index (χ1n) is 9.22. The smallest absolute Gasteiger partial charge is 0.228 e. The molecule has 1 aromatic heterocycles. The van der Waals surface area contributed by atoms with E-state index in [0.717, 1.165) is 69.3 Å². The maximum atomic E-state index is 5.44. The van der Waals surface area contributed by atoms with Crippen molar-refractivity contribution in [2.45, 2.75) is 37.8 Å². The molecule has 2 aliphatic rings. The quantitative estimate of drug-likeness (QED) is 0.922. The van der Waals surface area contributed by atoms with Crippen LogP contribution in [0.5, 0.6) is 0 Å². The summed E-state index contributed by atoms with van der Waals surface area (Å²) in [4.78, 5) is 15.7. The molecule has 0 unspecified atom stereocenters. The Balaban J connectivity index is 1.36. The Hall–Kier alpha value is -2.05. The average molecular weight is 339 g/mol. The topological polar surface area (TPSA) is 63.2 Å². The van der Waals surface area contributed by atoms with Gasteiger partial charge in [-0.05, 0) is 25.7 Å². The van der Waals surface area contributed by atoms with E-state index in [2.05, 4.69) is 25.2 Å². The highest BCUT2D eigenvalue weighted by Crippen LogP contribution is 2.20. The van der Waals surface area contributed by atoms with Gasteiger partial charge in [-0.2, -0.15) is 4.98 Å². The maximum absolute atomic E-state index is 5.44. The van der Waals surface area contributed by atoms with E-state index < -0.39 is 0 Å². The summed E-state index contributed by atoms with van der Waals surface area (Å²) in [6, 6.07) is 11.3. The Morgan fingerprint density at radius 3 is 2.40 bits per heavy atom. The molecule has 2 aliphatic heterocycles. The largest absolute Gasteiger partial charge is 0.381 e. The molecule has 4 rings (SSSR count). The first-order valence-corrected chi connectivity index (χ1v) is 9.22. The lowest BCUT2D eigenvalue weighted by molar-refractivity contribution is 0.0738. The average Bonchev–Trinajstić information content (AvgIpc) is 2.70. The monoisotopic (exact) mass is 339 g/mol. The van der Waals surface area contributed by atoms with Gasteiger partial charge < -0.3 is 15.0 Å². The summed E-state index contributed by atoms with van der Waals surface area (Å²) in [5, 5.41) is 3.81. The molecule has 2 saturated heterocycles. The first-order chi connectivity index (χ1) is 12.4. The molecule has 0 amide bonds. The molecule has 0 bridgehead atoms. The maximum Gasteiger partial charge on any atom is 0.228 e. The van der Waals surface area contributed by atoms with Crippen molar-refractivity contribution in [1.29, 1.82) is 0 Å². The molecule has 6 nitrogen and oxygen atoms in total. The van der Waals surface area contributed by atoms with E-state index in [0.29, 0.717) is 12.1 Å². The van der Waals surface area contributed by atoms with Gasteiger partial charge in [0, 0.05) is 44.0 Å². The SMILES string of the molecule is c1ccc(-c2ncnc(N3CCC(NC4CCOCC4)CC3)n2)cc1. The Kier molecular flexibility index (Phi) is 5.18. The lowest BCUT2D eigenvalue weighted by Crippen LogP contribution is -2.48. The highest BCUT2D eigenvalue weighted by molar-refractivity contribution is 5.55. The molecule has 0 aliphatic carbocycles. The third-order valence-electron chi connectivity index (χ3n) is 5.06. The van der Waals surface area contributed by atoms with Gasteiger partial charge in [-0.1, -0.05) is 30.3 Å². The molecule has 1 aromatic carbocycles. The number of hydrogen-bond acceptors (Lipinski definition) is 6. The lowest BCUT2D eigenvalue weighted by atomic mass is 10.0. The normalized spacial score (nSPS) is 19.9. The van der Waals surface area contributed by atoms with Crippen LogP contribution in [0.1, 0.15) is 25.7 Å². The van der Waals surface area contributed by atoms with E-state index >= 15 is 0 Å². The van der Waals surface area contributed by atoms with Crippen molar-refractivity contribution < 1.29 is 4.74 Å². The number of nitrogens with one attached hydrogen (secondary N) is 1. The highest BCUT2D eigenvalue weighted by atomic mass is 16.5. The zero-order chi connectivity index (χ0) is 16.9. The Bertz CT molecular complexity index is 667. The fourth-order valence-corrected chi connectivity index (χ4v) is 3.61. The molecule has 132 valence electrons. The number of nitrogens with zero attached hydrogens (tertiary/aromatic N) is 4. The number of anilines is 1. The predicted octanol–water partition coefficient (Wildman–Crippen LogP) is 2.28. The van der Waals surface area contributed by atoms with Crippen LogP contribution >= 0.6 is 0 Å². The van der Waals surface area contributed by atoms with Crippen LogP contribution in [0, 0.1) is 0 Å². The van der Waals surface area contributed by atoms with Crippen molar-refractivity contribution in [1.82, 2.24) is 20.3 Å².